The summed E-state index contributed by atoms with van der Waals surface area (Å²) in [6.07, 6.45) is 5.94. The first-order valence-corrected chi connectivity index (χ1v) is 12.4. The number of carbonyl (C=O) groups excluding carboxylic acids is 1. The van der Waals surface area contributed by atoms with Gasteiger partial charge in [0.25, 0.3) is 5.91 Å². The first-order chi connectivity index (χ1) is 17.4. The third-order valence-corrected chi connectivity index (χ3v) is 7.12. The maximum atomic E-state index is 11.2. The van der Waals surface area contributed by atoms with Gasteiger partial charge >= 0.3 is 0 Å². The molecule has 1 saturated heterocycles. The maximum Gasteiger partial charge on any atom is 0.286 e. The Morgan fingerprint density at radius 1 is 0.972 bits per heavy atom. The third kappa shape index (κ3) is 5.23. The Labute approximate surface area is 211 Å². The summed E-state index contributed by atoms with van der Waals surface area (Å²) in [4.78, 5) is 35.4. The quantitative estimate of drug-likeness (QED) is 0.530. The zero-order chi connectivity index (χ0) is 25.2. The molecule has 0 saturated carbocycles. The number of nitrogen functional groups attached to an aromatic ring is 1. The fourth-order valence-electron chi connectivity index (χ4n) is 4.94. The number of carbonyl (C=O) groups is 1. The number of nitrogens with zero attached hydrogens (tertiary/aromatic N) is 7. The van der Waals surface area contributed by atoms with Crippen molar-refractivity contribution in [2.45, 2.75) is 38.8 Å². The molecule has 1 aromatic carbocycles. The van der Waals surface area contributed by atoms with Gasteiger partial charge in [0.15, 0.2) is 0 Å². The van der Waals surface area contributed by atoms with Crippen molar-refractivity contribution in [1.82, 2.24) is 24.8 Å². The second-order valence-electron chi connectivity index (χ2n) is 9.80. The summed E-state index contributed by atoms with van der Waals surface area (Å²) in [7, 11) is 2.14. The molecule has 2 aliphatic rings. The number of aromatic nitrogens is 4. The highest BCUT2D eigenvalue weighted by molar-refractivity contribution is 5.88. The predicted octanol–water partition coefficient (Wildman–Crippen LogP) is 1.44. The summed E-state index contributed by atoms with van der Waals surface area (Å²) >= 11 is 0. The molecule has 36 heavy (non-hydrogen) atoms. The molecule has 10 heteroatoms. The van der Waals surface area contributed by atoms with E-state index in [1.807, 2.05) is 0 Å². The monoisotopic (exact) mass is 487 g/mol. The van der Waals surface area contributed by atoms with Crippen molar-refractivity contribution in [3.8, 4) is 0 Å². The zero-order valence-electron chi connectivity index (χ0n) is 20.9. The van der Waals surface area contributed by atoms with Gasteiger partial charge in [-0.3, -0.25) is 4.79 Å². The average molecular weight is 488 g/mol. The molecule has 5 rings (SSSR count). The van der Waals surface area contributed by atoms with Gasteiger partial charge in [-0.1, -0.05) is 18.2 Å². The lowest BCUT2D eigenvalue weighted by Gasteiger charge is -2.37. The average Bonchev–Trinajstić information content (AvgIpc) is 2.87. The van der Waals surface area contributed by atoms with Crippen LogP contribution in [0.5, 0.6) is 0 Å². The normalized spacial score (nSPS) is 18.2. The zero-order valence-corrected chi connectivity index (χ0v) is 20.9. The SMILES string of the molecule is CC1Cc2ccc(CCc3cnc(C(N)=O)nc3)cc2CN1c1cc(N2CCN(C)CC2)nc(N)n1. The number of rotatable bonds is 6. The first kappa shape index (κ1) is 23.9. The van der Waals surface area contributed by atoms with E-state index in [4.69, 9.17) is 11.5 Å². The standard InChI is InChI=1S/C26H33N9O/c1-17-11-20-6-5-18(3-4-19-14-29-25(24(27)36)30-15-19)12-21(20)16-35(17)23-13-22(31-26(28)32-23)34-9-7-33(2)8-10-34/h5-6,12-15,17H,3-4,7-11,16H2,1-2H3,(H2,27,36)(H2,28,31,32). The Morgan fingerprint density at radius 3 is 2.39 bits per heavy atom. The van der Waals surface area contributed by atoms with Crippen LogP contribution in [0.2, 0.25) is 0 Å². The lowest BCUT2D eigenvalue weighted by Crippen LogP contribution is -2.45. The largest absolute Gasteiger partial charge is 0.368 e. The predicted molar refractivity (Wildman–Crippen MR) is 140 cm³/mol. The number of benzene rings is 1. The van der Waals surface area contributed by atoms with Gasteiger partial charge in [0, 0.05) is 57.2 Å². The molecule has 1 atom stereocenters. The Balaban J connectivity index is 1.31. The maximum absolute atomic E-state index is 11.2. The van der Waals surface area contributed by atoms with Gasteiger partial charge in [0.2, 0.25) is 11.8 Å². The van der Waals surface area contributed by atoms with Crippen LogP contribution in [-0.2, 0) is 25.8 Å². The van der Waals surface area contributed by atoms with Crippen LogP contribution < -0.4 is 21.3 Å². The molecule has 1 unspecified atom stereocenters. The topological polar surface area (TPSA) is 130 Å². The van der Waals surface area contributed by atoms with Gasteiger partial charge in [-0.05, 0) is 55.5 Å². The number of nitrogens with two attached hydrogens (primary N) is 2. The van der Waals surface area contributed by atoms with Crippen LogP contribution in [-0.4, -0.2) is 70.0 Å². The summed E-state index contributed by atoms with van der Waals surface area (Å²) in [5.41, 5.74) is 16.3. The van der Waals surface area contributed by atoms with Crippen molar-refractivity contribution in [2.24, 2.45) is 5.73 Å². The van der Waals surface area contributed by atoms with Crippen LogP contribution in [0.25, 0.3) is 0 Å². The number of likely N-dealkylation sites (N-methyl/N-ethyl adjacent to an activating group) is 1. The number of fused-ring (bicyclic) bond motifs is 1. The van der Waals surface area contributed by atoms with E-state index in [2.05, 4.69) is 72.9 Å². The number of primary amides is 1. The van der Waals surface area contributed by atoms with Gasteiger partial charge in [0.1, 0.15) is 11.6 Å². The van der Waals surface area contributed by atoms with E-state index in [0.717, 1.165) is 69.2 Å². The lowest BCUT2D eigenvalue weighted by molar-refractivity contribution is 0.0990. The van der Waals surface area contributed by atoms with E-state index >= 15 is 0 Å². The van der Waals surface area contributed by atoms with Crippen molar-refractivity contribution < 1.29 is 4.79 Å². The molecule has 0 bridgehead atoms. The summed E-state index contributed by atoms with van der Waals surface area (Å²) in [5, 5.41) is 0. The molecule has 0 aliphatic carbocycles. The van der Waals surface area contributed by atoms with Crippen LogP contribution in [0, 0.1) is 0 Å². The molecule has 2 aromatic heterocycles. The molecule has 4 N–H and O–H groups in total. The highest BCUT2D eigenvalue weighted by Gasteiger charge is 2.26. The van der Waals surface area contributed by atoms with E-state index in [1.54, 1.807) is 12.4 Å². The van der Waals surface area contributed by atoms with Crippen LogP contribution in [0.4, 0.5) is 17.6 Å². The first-order valence-electron chi connectivity index (χ1n) is 12.4. The fraction of sp³-hybridized carbons (Fsp3) is 0.423. The van der Waals surface area contributed by atoms with E-state index in [9.17, 15) is 4.79 Å². The molecular formula is C26H33N9O. The summed E-state index contributed by atoms with van der Waals surface area (Å²) in [6.45, 7) is 6.91. The van der Waals surface area contributed by atoms with Gasteiger partial charge < -0.3 is 26.2 Å². The minimum absolute atomic E-state index is 0.0443. The number of aryl methyl sites for hydroxylation is 2. The van der Waals surface area contributed by atoms with Crippen LogP contribution in [0.1, 0.15) is 39.8 Å². The highest BCUT2D eigenvalue weighted by Crippen LogP contribution is 2.30. The molecule has 10 nitrogen and oxygen atoms in total. The van der Waals surface area contributed by atoms with Crippen LogP contribution >= 0.6 is 0 Å². The molecular weight excluding hydrogens is 454 g/mol. The van der Waals surface area contributed by atoms with Crippen LogP contribution in [0.15, 0.2) is 36.7 Å². The van der Waals surface area contributed by atoms with Crippen LogP contribution in [0.3, 0.4) is 0 Å². The van der Waals surface area contributed by atoms with Crippen molar-refractivity contribution in [1.29, 1.82) is 0 Å². The lowest BCUT2D eigenvalue weighted by atomic mass is 9.92. The van der Waals surface area contributed by atoms with E-state index < -0.39 is 5.91 Å². The Hall–Kier alpha value is -3.79. The van der Waals surface area contributed by atoms with E-state index in [1.165, 1.54) is 16.7 Å². The third-order valence-electron chi connectivity index (χ3n) is 7.12. The van der Waals surface area contributed by atoms with Gasteiger partial charge in [-0.2, -0.15) is 9.97 Å². The Bertz CT molecular complexity index is 1240. The molecule has 2 aliphatic heterocycles. The number of hydrogen-bond donors (Lipinski definition) is 2. The second kappa shape index (κ2) is 10.1. The molecule has 1 fully saturated rings. The number of anilines is 3. The summed E-state index contributed by atoms with van der Waals surface area (Å²) in [6, 6.07) is 9.13. The van der Waals surface area contributed by atoms with Crippen molar-refractivity contribution in [3.05, 3.63) is 64.7 Å². The van der Waals surface area contributed by atoms with Gasteiger partial charge in [0.05, 0.1) is 0 Å². The minimum atomic E-state index is -0.615. The number of piperazine rings is 1. The highest BCUT2D eigenvalue weighted by atomic mass is 16.1. The van der Waals surface area contributed by atoms with Crippen molar-refractivity contribution >= 4 is 23.5 Å². The number of hydrogen-bond acceptors (Lipinski definition) is 9. The molecule has 1 amide bonds. The summed E-state index contributed by atoms with van der Waals surface area (Å²) in [5.74, 6) is 1.53. The fourth-order valence-corrected chi connectivity index (χ4v) is 4.94. The minimum Gasteiger partial charge on any atom is -0.368 e. The second-order valence-corrected chi connectivity index (χ2v) is 9.80. The molecule has 3 aromatic rings. The van der Waals surface area contributed by atoms with Gasteiger partial charge in [-0.15, -0.1) is 0 Å². The number of amides is 1. The molecule has 0 spiro atoms. The molecule has 0 radical (unpaired) electrons. The van der Waals surface area contributed by atoms with Crippen molar-refractivity contribution in [3.63, 3.8) is 0 Å². The molecule has 188 valence electrons. The molecule has 4 heterocycles. The Morgan fingerprint density at radius 2 is 1.67 bits per heavy atom. The van der Waals surface area contributed by atoms with Gasteiger partial charge in [-0.25, -0.2) is 9.97 Å². The van der Waals surface area contributed by atoms with E-state index in [-0.39, 0.29) is 5.82 Å². The van der Waals surface area contributed by atoms with Crippen molar-refractivity contribution in [2.75, 3.05) is 48.8 Å². The Kier molecular flexibility index (Phi) is 6.69. The van der Waals surface area contributed by atoms with E-state index in [0.29, 0.717) is 12.0 Å². The summed E-state index contributed by atoms with van der Waals surface area (Å²) < 4.78 is 0. The smallest absolute Gasteiger partial charge is 0.286 e.